The first kappa shape index (κ1) is 31.1. The Morgan fingerprint density at radius 2 is 1.22 bits per heavy atom. The highest BCUT2D eigenvalue weighted by Crippen LogP contribution is 2.37. The van der Waals surface area contributed by atoms with E-state index in [4.69, 9.17) is 19.9 Å². The zero-order valence-corrected chi connectivity index (χ0v) is 28.4. The molecule has 0 spiro atoms. The lowest BCUT2D eigenvalue weighted by molar-refractivity contribution is 1.23. The fourth-order valence-electron chi connectivity index (χ4n) is 6.96. The van der Waals surface area contributed by atoms with Gasteiger partial charge in [-0.05, 0) is 59.7 Å². The molecule has 0 saturated carbocycles. The van der Waals surface area contributed by atoms with Gasteiger partial charge in [0.25, 0.3) is 0 Å². The van der Waals surface area contributed by atoms with Crippen molar-refractivity contribution in [1.82, 2.24) is 39.9 Å². The maximum absolute atomic E-state index is 12.9. The van der Waals surface area contributed by atoms with Crippen molar-refractivity contribution in [2.24, 2.45) is 0 Å². The number of fused-ring (bicyclic) bond motifs is 4. The molecule has 254 valence electrons. The number of hydrogen-bond acceptors (Lipinski definition) is 8. The minimum atomic E-state index is -0.221. The van der Waals surface area contributed by atoms with Gasteiger partial charge in [0, 0.05) is 87.3 Å². The molecule has 7 heterocycles. The number of nitrogens with zero attached hydrogens (tertiary/aromatic N) is 6. The number of H-pyrrole nitrogens is 2. The second-order valence-corrected chi connectivity index (χ2v) is 13.0. The molecule has 2 N–H and O–H groups in total. The summed E-state index contributed by atoms with van der Waals surface area (Å²) in [7, 11) is 0. The maximum Gasteiger partial charge on any atom is 0.249 e. The molecule has 10 nitrogen and oxygen atoms in total. The van der Waals surface area contributed by atoms with E-state index < -0.39 is 0 Å². The van der Waals surface area contributed by atoms with Gasteiger partial charge in [0.05, 0.1) is 27.8 Å². The van der Waals surface area contributed by atoms with Crippen molar-refractivity contribution < 1.29 is 0 Å². The molecule has 0 amide bonds. The summed E-state index contributed by atoms with van der Waals surface area (Å²) in [5, 5.41) is 2.14. The van der Waals surface area contributed by atoms with Crippen LogP contribution in [-0.4, -0.2) is 39.9 Å². The molecule has 0 aliphatic carbocycles. The largest absolute Gasteiger partial charge is 0.346 e. The lowest BCUT2D eigenvalue weighted by Gasteiger charge is -2.13. The Hall–Kier alpha value is -7.72. The zero-order valence-electron chi connectivity index (χ0n) is 28.4. The van der Waals surface area contributed by atoms with Crippen LogP contribution in [0.4, 0.5) is 0 Å². The van der Waals surface area contributed by atoms with Crippen LogP contribution in [0, 0.1) is 0 Å². The van der Waals surface area contributed by atoms with Gasteiger partial charge in [0.15, 0.2) is 11.1 Å². The number of aromatic nitrogens is 8. The minimum absolute atomic E-state index is 0.112. The molecule has 0 aliphatic rings. The quantitative estimate of drug-likeness (QED) is 0.183. The predicted octanol–water partition coefficient (Wildman–Crippen LogP) is 8.38. The molecule has 0 aliphatic heterocycles. The van der Waals surface area contributed by atoms with Gasteiger partial charge in [-0.2, -0.15) is 0 Å². The average Bonchev–Trinajstić information content (AvgIpc) is 3.22. The van der Waals surface area contributed by atoms with Gasteiger partial charge in [0.1, 0.15) is 11.3 Å². The molecule has 10 rings (SSSR count). The molecule has 0 radical (unpaired) electrons. The normalized spacial score (nSPS) is 11.5. The molecule has 0 atom stereocenters. The van der Waals surface area contributed by atoms with Crippen LogP contribution in [0.2, 0.25) is 0 Å². The summed E-state index contributed by atoms with van der Waals surface area (Å²) in [6.45, 7) is 0. The average molecular weight is 699 g/mol. The summed E-state index contributed by atoms with van der Waals surface area (Å²) < 4.78 is 0. The summed E-state index contributed by atoms with van der Waals surface area (Å²) in [5.41, 5.74) is 11.3. The number of benzene rings is 3. The van der Waals surface area contributed by atoms with Crippen molar-refractivity contribution in [3.63, 3.8) is 0 Å². The SMILES string of the molecule is O=c1ccc2cc(-c3ccc4nccnc4c3)c(-c3cccc(-c4cnc5ncc(-c6cc7c(=O)cc[nH]c7nc6-c6ccccc6)cc5c4)c3)nc2[nH]1. The van der Waals surface area contributed by atoms with Crippen LogP contribution in [0.25, 0.3) is 100 Å². The smallest absolute Gasteiger partial charge is 0.249 e. The molecule has 10 heteroatoms. The Balaban J connectivity index is 1.11. The van der Waals surface area contributed by atoms with Crippen LogP contribution >= 0.6 is 0 Å². The number of pyridine rings is 6. The first-order chi connectivity index (χ1) is 26.5. The Labute approximate surface area is 306 Å². The monoisotopic (exact) mass is 698 g/mol. The van der Waals surface area contributed by atoms with E-state index >= 15 is 0 Å². The van der Waals surface area contributed by atoms with E-state index in [1.54, 1.807) is 30.9 Å². The van der Waals surface area contributed by atoms with Crippen molar-refractivity contribution in [2.75, 3.05) is 0 Å². The van der Waals surface area contributed by atoms with Crippen LogP contribution in [0.1, 0.15) is 0 Å². The fraction of sp³-hybridized carbons (Fsp3) is 0. The van der Waals surface area contributed by atoms with Crippen molar-refractivity contribution in [3.05, 3.63) is 167 Å². The molecule has 0 fully saturated rings. The topological polar surface area (TPSA) is 143 Å². The lowest BCUT2D eigenvalue weighted by Crippen LogP contribution is -2.04. The van der Waals surface area contributed by atoms with Gasteiger partial charge in [-0.3, -0.25) is 19.6 Å². The molecular formula is C44H26N8O2. The number of aromatic amines is 2. The van der Waals surface area contributed by atoms with Gasteiger partial charge in [-0.15, -0.1) is 0 Å². The van der Waals surface area contributed by atoms with Crippen LogP contribution in [-0.2, 0) is 0 Å². The summed E-state index contributed by atoms with van der Waals surface area (Å²) in [4.78, 5) is 59.5. The van der Waals surface area contributed by atoms with E-state index in [2.05, 4.69) is 32.1 Å². The second kappa shape index (κ2) is 12.5. The second-order valence-electron chi connectivity index (χ2n) is 13.0. The molecule has 7 aromatic heterocycles. The van der Waals surface area contributed by atoms with E-state index in [9.17, 15) is 9.59 Å². The first-order valence-electron chi connectivity index (χ1n) is 17.2. The molecule has 3 aromatic carbocycles. The number of hydrogen-bond donors (Lipinski definition) is 2. The fourth-order valence-corrected chi connectivity index (χ4v) is 6.96. The van der Waals surface area contributed by atoms with Gasteiger partial charge >= 0.3 is 0 Å². The van der Waals surface area contributed by atoms with E-state index in [1.807, 2.05) is 91.1 Å². The molecule has 10 aromatic rings. The van der Waals surface area contributed by atoms with Crippen LogP contribution in [0.3, 0.4) is 0 Å². The van der Waals surface area contributed by atoms with Gasteiger partial charge < -0.3 is 9.97 Å². The first-order valence-corrected chi connectivity index (χ1v) is 17.2. The molecule has 54 heavy (non-hydrogen) atoms. The Morgan fingerprint density at radius 3 is 2.11 bits per heavy atom. The van der Waals surface area contributed by atoms with E-state index in [-0.39, 0.29) is 11.0 Å². The van der Waals surface area contributed by atoms with Crippen LogP contribution in [0.15, 0.2) is 156 Å². The Bertz CT molecular complexity index is 3230. The van der Waals surface area contributed by atoms with Crippen molar-refractivity contribution in [1.29, 1.82) is 0 Å². The third kappa shape index (κ3) is 5.46. The van der Waals surface area contributed by atoms with E-state index in [0.717, 1.165) is 72.0 Å². The third-order valence-electron chi connectivity index (χ3n) is 9.59. The molecule has 0 saturated heterocycles. The van der Waals surface area contributed by atoms with Gasteiger partial charge in [0.2, 0.25) is 5.56 Å². The van der Waals surface area contributed by atoms with Crippen molar-refractivity contribution >= 4 is 44.1 Å². The standard InChI is InChI=1S/C44H26N8O2/c53-38-13-14-47-44-35(38)22-34(40(52-44)25-5-2-1-3-6-25)32-19-30-18-31(23-48-42(30)49-24-32)26-7-4-8-28(17-26)41-33(20-29-10-12-39(54)50-43(29)51-41)27-9-11-36-37(21-27)46-16-15-45-36/h1-24H,(H,47,52,53)(H,50,51,54). The summed E-state index contributed by atoms with van der Waals surface area (Å²) in [5.74, 6) is 0. The minimum Gasteiger partial charge on any atom is -0.346 e. The maximum atomic E-state index is 12.9. The molecule has 0 unspecified atom stereocenters. The Kier molecular flexibility index (Phi) is 7.19. The third-order valence-corrected chi connectivity index (χ3v) is 9.59. The van der Waals surface area contributed by atoms with Crippen LogP contribution < -0.4 is 11.0 Å². The lowest BCUT2D eigenvalue weighted by atomic mass is 9.95. The van der Waals surface area contributed by atoms with Gasteiger partial charge in [-0.25, -0.2) is 19.9 Å². The summed E-state index contributed by atoms with van der Waals surface area (Å²) in [6.07, 6.45) is 8.56. The highest BCUT2D eigenvalue weighted by atomic mass is 16.1. The summed E-state index contributed by atoms with van der Waals surface area (Å²) >= 11 is 0. The van der Waals surface area contributed by atoms with E-state index in [1.165, 1.54) is 12.1 Å². The number of nitrogens with one attached hydrogen (secondary N) is 2. The number of rotatable bonds is 5. The van der Waals surface area contributed by atoms with Crippen LogP contribution in [0.5, 0.6) is 0 Å². The highest BCUT2D eigenvalue weighted by molar-refractivity contribution is 5.95. The van der Waals surface area contributed by atoms with E-state index in [0.29, 0.717) is 28.0 Å². The zero-order chi connectivity index (χ0) is 36.2. The Morgan fingerprint density at radius 1 is 0.481 bits per heavy atom. The molecular weight excluding hydrogens is 673 g/mol. The van der Waals surface area contributed by atoms with Crippen molar-refractivity contribution in [2.45, 2.75) is 0 Å². The predicted molar refractivity (Wildman–Crippen MR) is 212 cm³/mol. The van der Waals surface area contributed by atoms with Crippen molar-refractivity contribution in [3.8, 4) is 55.9 Å². The summed E-state index contributed by atoms with van der Waals surface area (Å²) in [6, 6.07) is 36.8. The van der Waals surface area contributed by atoms with Gasteiger partial charge in [-0.1, -0.05) is 54.6 Å². The molecule has 0 bridgehead atoms. The highest BCUT2D eigenvalue weighted by Gasteiger charge is 2.17.